The highest BCUT2D eigenvalue weighted by molar-refractivity contribution is 5.76. The Balaban J connectivity index is 3.90. The lowest BCUT2D eigenvalue weighted by Crippen LogP contribution is -2.36. The fraction of sp³-hybridized carbons (Fsp3) is 0.923. The number of amides is 1. The Kier molecular flexibility index (Phi) is 7.39. The number of hydrogen-bond donors (Lipinski definition) is 1. The van der Waals surface area contributed by atoms with Gasteiger partial charge in [-0.1, -0.05) is 20.8 Å². The molecule has 0 aromatic carbocycles. The van der Waals surface area contributed by atoms with Gasteiger partial charge in [0.05, 0.1) is 0 Å². The maximum Gasteiger partial charge on any atom is 0.223 e. The maximum absolute atomic E-state index is 11.8. The van der Waals surface area contributed by atoms with Crippen LogP contribution in [0.3, 0.4) is 0 Å². The highest BCUT2D eigenvalue weighted by Gasteiger charge is 2.19. The summed E-state index contributed by atoms with van der Waals surface area (Å²) >= 11 is 0. The van der Waals surface area contributed by atoms with Gasteiger partial charge in [0, 0.05) is 39.8 Å². The van der Waals surface area contributed by atoms with Crippen molar-refractivity contribution in [3.8, 4) is 0 Å². The first kappa shape index (κ1) is 16.4. The van der Waals surface area contributed by atoms with E-state index >= 15 is 0 Å². The topological polar surface area (TPSA) is 55.6 Å². The number of carbonyl (C=O) groups excluding carboxylic acids is 1. The third kappa shape index (κ3) is 9.12. The van der Waals surface area contributed by atoms with Gasteiger partial charge in [0.1, 0.15) is 0 Å². The molecule has 0 aliphatic carbocycles. The Morgan fingerprint density at radius 3 is 2.47 bits per heavy atom. The van der Waals surface area contributed by atoms with Crippen LogP contribution in [-0.4, -0.2) is 44.2 Å². The van der Waals surface area contributed by atoms with Crippen molar-refractivity contribution in [2.24, 2.45) is 11.1 Å². The van der Waals surface area contributed by atoms with Crippen molar-refractivity contribution in [3.63, 3.8) is 0 Å². The lowest BCUT2D eigenvalue weighted by atomic mass is 9.87. The van der Waals surface area contributed by atoms with Gasteiger partial charge >= 0.3 is 0 Å². The van der Waals surface area contributed by atoms with Crippen molar-refractivity contribution < 1.29 is 9.53 Å². The molecule has 2 N–H and O–H groups in total. The van der Waals surface area contributed by atoms with Crippen LogP contribution >= 0.6 is 0 Å². The number of rotatable bonds is 7. The molecular formula is C13H28N2O2. The summed E-state index contributed by atoms with van der Waals surface area (Å²) in [5.74, 6) is 0.123. The van der Waals surface area contributed by atoms with E-state index in [1.807, 2.05) is 7.05 Å². The summed E-state index contributed by atoms with van der Waals surface area (Å²) in [6.45, 7) is 7.83. The molecule has 0 saturated heterocycles. The lowest BCUT2D eigenvalue weighted by molar-refractivity contribution is -0.130. The van der Waals surface area contributed by atoms with E-state index in [1.165, 1.54) is 0 Å². The summed E-state index contributed by atoms with van der Waals surface area (Å²) in [5.41, 5.74) is 6.16. The van der Waals surface area contributed by atoms with Crippen molar-refractivity contribution in [1.29, 1.82) is 0 Å². The van der Waals surface area contributed by atoms with E-state index in [4.69, 9.17) is 10.5 Å². The summed E-state index contributed by atoms with van der Waals surface area (Å²) in [6.07, 6.45) is 2.17. The van der Waals surface area contributed by atoms with Gasteiger partial charge < -0.3 is 15.4 Å². The molecule has 1 atom stereocenters. The fourth-order valence-electron chi connectivity index (χ4n) is 1.81. The predicted octanol–water partition coefficient (Wildman–Crippen LogP) is 1.63. The Morgan fingerprint density at radius 1 is 1.41 bits per heavy atom. The number of nitrogens with two attached hydrogens (primary N) is 1. The molecule has 4 nitrogen and oxygen atoms in total. The van der Waals surface area contributed by atoms with Crippen LogP contribution in [0.25, 0.3) is 0 Å². The molecule has 0 radical (unpaired) electrons. The molecule has 17 heavy (non-hydrogen) atoms. The van der Waals surface area contributed by atoms with Crippen LogP contribution in [0, 0.1) is 5.41 Å². The van der Waals surface area contributed by atoms with Gasteiger partial charge in [-0.25, -0.2) is 0 Å². The largest absolute Gasteiger partial charge is 0.385 e. The first-order valence-electron chi connectivity index (χ1n) is 6.25. The smallest absolute Gasteiger partial charge is 0.223 e. The minimum Gasteiger partial charge on any atom is -0.385 e. The number of hydrogen-bond acceptors (Lipinski definition) is 3. The van der Waals surface area contributed by atoms with Gasteiger partial charge in [0.2, 0.25) is 5.91 Å². The zero-order chi connectivity index (χ0) is 13.5. The molecule has 0 saturated carbocycles. The van der Waals surface area contributed by atoms with Crippen LogP contribution < -0.4 is 5.73 Å². The molecule has 0 aromatic heterocycles. The Morgan fingerprint density at radius 2 is 2.00 bits per heavy atom. The van der Waals surface area contributed by atoms with Crippen LogP contribution in [0.5, 0.6) is 0 Å². The second-order valence-electron chi connectivity index (χ2n) is 5.89. The maximum atomic E-state index is 11.8. The van der Waals surface area contributed by atoms with Gasteiger partial charge in [-0.15, -0.1) is 0 Å². The number of nitrogens with zero attached hydrogens (tertiary/aromatic N) is 1. The fourth-order valence-corrected chi connectivity index (χ4v) is 1.81. The summed E-state index contributed by atoms with van der Waals surface area (Å²) in [5, 5.41) is 0. The van der Waals surface area contributed by atoms with E-state index in [0.717, 1.165) is 19.4 Å². The minimum absolute atomic E-state index is 0.0487. The SMILES string of the molecule is COCCCN(C)C(=O)CC(N)CC(C)(C)C. The second kappa shape index (κ2) is 7.67. The lowest BCUT2D eigenvalue weighted by Gasteiger charge is -2.24. The third-order valence-corrected chi connectivity index (χ3v) is 2.58. The molecule has 0 aromatic rings. The zero-order valence-electron chi connectivity index (χ0n) is 12.0. The first-order chi connectivity index (χ1) is 7.76. The quantitative estimate of drug-likeness (QED) is 0.693. The Bertz CT molecular complexity index is 224. The van der Waals surface area contributed by atoms with Crippen molar-refractivity contribution in [2.75, 3.05) is 27.3 Å². The average Bonchev–Trinajstić information content (AvgIpc) is 2.14. The molecule has 102 valence electrons. The predicted molar refractivity (Wildman–Crippen MR) is 70.8 cm³/mol. The van der Waals surface area contributed by atoms with Gasteiger partial charge in [-0.2, -0.15) is 0 Å². The number of methoxy groups -OCH3 is 1. The van der Waals surface area contributed by atoms with E-state index in [1.54, 1.807) is 12.0 Å². The summed E-state index contributed by atoms with van der Waals surface area (Å²) < 4.78 is 4.96. The highest BCUT2D eigenvalue weighted by Crippen LogP contribution is 2.21. The second-order valence-corrected chi connectivity index (χ2v) is 5.89. The van der Waals surface area contributed by atoms with Crippen molar-refractivity contribution in [3.05, 3.63) is 0 Å². The summed E-state index contributed by atoms with van der Waals surface area (Å²) in [7, 11) is 3.49. The molecule has 4 heteroatoms. The van der Waals surface area contributed by atoms with Gasteiger partial charge in [-0.3, -0.25) is 4.79 Å². The molecule has 0 fully saturated rings. The molecule has 1 unspecified atom stereocenters. The number of carbonyl (C=O) groups is 1. The summed E-state index contributed by atoms with van der Waals surface area (Å²) in [4.78, 5) is 13.6. The molecule has 0 heterocycles. The highest BCUT2D eigenvalue weighted by atomic mass is 16.5. The molecule has 1 amide bonds. The average molecular weight is 244 g/mol. The van der Waals surface area contributed by atoms with Crippen LogP contribution in [0.4, 0.5) is 0 Å². The van der Waals surface area contributed by atoms with Crippen LogP contribution in [-0.2, 0) is 9.53 Å². The normalized spacial score (nSPS) is 13.5. The molecular weight excluding hydrogens is 216 g/mol. The summed E-state index contributed by atoms with van der Waals surface area (Å²) in [6, 6.07) is -0.0487. The standard InChI is InChI=1S/C13H28N2O2/c1-13(2,3)10-11(14)9-12(16)15(4)7-6-8-17-5/h11H,6-10,14H2,1-5H3. The molecule has 0 rings (SSSR count). The van der Waals surface area contributed by atoms with Gasteiger partial charge in [0.15, 0.2) is 0 Å². The third-order valence-electron chi connectivity index (χ3n) is 2.58. The molecule has 0 aliphatic rings. The monoisotopic (exact) mass is 244 g/mol. The van der Waals surface area contributed by atoms with Crippen molar-refractivity contribution >= 4 is 5.91 Å². The van der Waals surface area contributed by atoms with Crippen LogP contribution in [0.2, 0.25) is 0 Å². The van der Waals surface area contributed by atoms with E-state index < -0.39 is 0 Å². The molecule has 0 bridgehead atoms. The Hall–Kier alpha value is -0.610. The van der Waals surface area contributed by atoms with E-state index in [2.05, 4.69) is 20.8 Å². The Labute approximate surface area is 105 Å². The van der Waals surface area contributed by atoms with E-state index in [9.17, 15) is 4.79 Å². The number of ether oxygens (including phenoxy) is 1. The zero-order valence-corrected chi connectivity index (χ0v) is 12.0. The van der Waals surface area contributed by atoms with Crippen molar-refractivity contribution in [1.82, 2.24) is 4.90 Å². The van der Waals surface area contributed by atoms with Gasteiger partial charge in [0.25, 0.3) is 0 Å². The molecule has 0 spiro atoms. The minimum atomic E-state index is -0.0487. The molecule has 0 aliphatic heterocycles. The van der Waals surface area contributed by atoms with Crippen molar-refractivity contribution in [2.45, 2.75) is 46.1 Å². The van der Waals surface area contributed by atoms with Crippen LogP contribution in [0.1, 0.15) is 40.0 Å². The van der Waals surface area contributed by atoms with E-state index in [0.29, 0.717) is 13.0 Å². The van der Waals surface area contributed by atoms with Crippen LogP contribution in [0.15, 0.2) is 0 Å². The van der Waals surface area contributed by atoms with Gasteiger partial charge in [-0.05, 0) is 18.3 Å². The van der Waals surface area contributed by atoms with E-state index in [-0.39, 0.29) is 17.4 Å². The first-order valence-corrected chi connectivity index (χ1v) is 6.25.